The molecule has 0 heterocycles. The average molecular weight is 156 g/mol. The van der Waals surface area contributed by atoms with Crippen molar-refractivity contribution < 1.29 is 5.11 Å². The SMILES string of the molecule is C[C@H](O)CSC1C=CC=C1. The molecule has 0 saturated carbocycles. The predicted octanol–water partition coefficient (Wildman–Crippen LogP) is 1.59. The first kappa shape index (κ1) is 7.89. The van der Waals surface area contributed by atoms with Crippen LogP contribution in [0.1, 0.15) is 6.92 Å². The molecule has 10 heavy (non-hydrogen) atoms. The molecule has 56 valence electrons. The van der Waals surface area contributed by atoms with E-state index in [0.717, 1.165) is 5.75 Å². The van der Waals surface area contributed by atoms with E-state index >= 15 is 0 Å². The molecule has 0 aromatic heterocycles. The topological polar surface area (TPSA) is 20.2 Å². The van der Waals surface area contributed by atoms with Gasteiger partial charge in [-0.25, -0.2) is 0 Å². The van der Waals surface area contributed by atoms with Gasteiger partial charge in [0.2, 0.25) is 0 Å². The van der Waals surface area contributed by atoms with Gasteiger partial charge >= 0.3 is 0 Å². The Balaban J connectivity index is 2.14. The van der Waals surface area contributed by atoms with Crippen molar-refractivity contribution in [1.29, 1.82) is 0 Å². The fourth-order valence-corrected chi connectivity index (χ4v) is 1.68. The fraction of sp³-hybridized carbons (Fsp3) is 0.500. The van der Waals surface area contributed by atoms with E-state index in [1.165, 1.54) is 0 Å². The van der Waals surface area contributed by atoms with E-state index in [2.05, 4.69) is 12.2 Å². The summed E-state index contributed by atoms with van der Waals surface area (Å²) in [6.45, 7) is 1.81. The van der Waals surface area contributed by atoms with Crippen molar-refractivity contribution in [2.75, 3.05) is 5.75 Å². The number of rotatable bonds is 3. The molecule has 0 bridgehead atoms. The third-order valence-corrected chi connectivity index (χ3v) is 2.62. The van der Waals surface area contributed by atoms with Crippen LogP contribution in [0.2, 0.25) is 0 Å². The monoisotopic (exact) mass is 156 g/mol. The van der Waals surface area contributed by atoms with Gasteiger partial charge < -0.3 is 5.11 Å². The molecule has 0 aromatic carbocycles. The van der Waals surface area contributed by atoms with Crippen LogP contribution >= 0.6 is 11.8 Å². The Hall–Kier alpha value is -0.210. The summed E-state index contributed by atoms with van der Waals surface area (Å²) < 4.78 is 0. The standard InChI is InChI=1S/C8H12OS/c1-7(9)6-10-8-4-2-3-5-8/h2-5,7-9H,6H2,1H3/t7-/m0/s1. The Kier molecular flexibility index (Phi) is 3.03. The van der Waals surface area contributed by atoms with Crippen LogP contribution in [-0.4, -0.2) is 22.2 Å². The van der Waals surface area contributed by atoms with Crippen LogP contribution in [0.5, 0.6) is 0 Å². The minimum Gasteiger partial charge on any atom is -0.393 e. The molecule has 0 aromatic rings. The normalized spacial score (nSPS) is 20.2. The number of aliphatic hydroxyl groups is 1. The summed E-state index contributed by atoms with van der Waals surface area (Å²) in [4.78, 5) is 0. The molecule has 1 N–H and O–H groups in total. The van der Waals surface area contributed by atoms with E-state index in [-0.39, 0.29) is 6.10 Å². The molecule has 2 heteroatoms. The van der Waals surface area contributed by atoms with Gasteiger partial charge in [-0.1, -0.05) is 24.3 Å². The third kappa shape index (κ3) is 2.58. The van der Waals surface area contributed by atoms with E-state index < -0.39 is 0 Å². The molecule has 0 unspecified atom stereocenters. The zero-order chi connectivity index (χ0) is 7.40. The van der Waals surface area contributed by atoms with E-state index in [9.17, 15) is 0 Å². The lowest BCUT2D eigenvalue weighted by molar-refractivity contribution is 0.220. The molecule has 0 radical (unpaired) electrons. The van der Waals surface area contributed by atoms with Crippen molar-refractivity contribution in [3.8, 4) is 0 Å². The van der Waals surface area contributed by atoms with Crippen molar-refractivity contribution in [3.63, 3.8) is 0 Å². The first-order chi connectivity index (χ1) is 4.79. The van der Waals surface area contributed by atoms with Crippen LogP contribution in [-0.2, 0) is 0 Å². The second kappa shape index (κ2) is 3.84. The van der Waals surface area contributed by atoms with Crippen LogP contribution in [0.25, 0.3) is 0 Å². The molecule has 1 nitrogen and oxygen atoms in total. The number of allylic oxidation sites excluding steroid dienone is 2. The number of aliphatic hydroxyl groups excluding tert-OH is 1. The summed E-state index contributed by atoms with van der Waals surface area (Å²) in [5.41, 5.74) is 0. The Morgan fingerprint density at radius 1 is 1.50 bits per heavy atom. The van der Waals surface area contributed by atoms with E-state index in [0.29, 0.717) is 5.25 Å². The first-order valence-corrected chi connectivity index (χ1v) is 4.48. The van der Waals surface area contributed by atoms with Crippen molar-refractivity contribution >= 4 is 11.8 Å². The molecular formula is C8H12OS. The smallest absolute Gasteiger partial charge is 0.0602 e. The van der Waals surface area contributed by atoms with Crippen LogP contribution in [0.4, 0.5) is 0 Å². The lowest BCUT2D eigenvalue weighted by Gasteiger charge is -2.06. The van der Waals surface area contributed by atoms with Gasteiger partial charge in [0.1, 0.15) is 0 Å². The minimum atomic E-state index is -0.188. The molecule has 1 atom stereocenters. The summed E-state index contributed by atoms with van der Waals surface area (Å²) in [6.07, 6.45) is 8.16. The maximum atomic E-state index is 8.94. The van der Waals surface area contributed by atoms with E-state index in [1.54, 1.807) is 11.8 Å². The largest absolute Gasteiger partial charge is 0.393 e. The molecule has 1 aliphatic rings. The maximum Gasteiger partial charge on any atom is 0.0602 e. The third-order valence-electron chi connectivity index (χ3n) is 1.24. The van der Waals surface area contributed by atoms with E-state index in [4.69, 9.17) is 5.11 Å². The van der Waals surface area contributed by atoms with Crippen molar-refractivity contribution in [2.24, 2.45) is 0 Å². The molecule has 1 aliphatic carbocycles. The van der Waals surface area contributed by atoms with Gasteiger partial charge in [0.05, 0.1) is 6.10 Å². The van der Waals surface area contributed by atoms with Gasteiger partial charge in [0.25, 0.3) is 0 Å². The molecule has 0 aliphatic heterocycles. The molecule has 0 spiro atoms. The quantitative estimate of drug-likeness (QED) is 0.669. The summed E-state index contributed by atoms with van der Waals surface area (Å²) >= 11 is 1.77. The Bertz CT molecular complexity index is 137. The molecule has 0 fully saturated rings. The second-order valence-electron chi connectivity index (χ2n) is 2.42. The lowest BCUT2D eigenvalue weighted by Crippen LogP contribution is -2.05. The first-order valence-electron chi connectivity index (χ1n) is 3.43. The zero-order valence-electron chi connectivity index (χ0n) is 6.03. The van der Waals surface area contributed by atoms with Gasteiger partial charge in [-0.15, -0.1) is 11.8 Å². The highest BCUT2D eigenvalue weighted by atomic mass is 32.2. The van der Waals surface area contributed by atoms with Gasteiger partial charge in [0, 0.05) is 11.0 Å². The molecular weight excluding hydrogens is 144 g/mol. The molecule has 1 rings (SSSR count). The van der Waals surface area contributed by atoms with Crippen molar-refractivity contribution in [3.05, 3.63) is 24.3 Å². The van der Waals surface area contributed by atoms with Crippen LogP contribution in [0.15, 0.2) is 24.3 Å². The highest BCUT2D eigenvalue weighted by Gasteiger charge is 2.04. The Morgan fingerprint density at radius 3 is 2.60 bits per heavy atom. The minimum absolute atomic E-state index is 0.188. The predicted molar refractivity (Wildman–Crippen MR) is 46.2 cm³/mol. The fourth-order valence-electron chi connectivity index (χ4n) is 0.773. The summed E-state index contributed by atoms with van der Waals surface area (Å²) in [7, 11) is 0. The number of hydrogen-bond acceptors (Lipinski definition) is 2. The van der Waals surface area contributed by atoms with Crippen LogP contribution in [0, 0.1) is 0 Å². The van der Waals surface area contributed by atoms with Gasteiger partial charge in [-0.2, -0.15) is 0 Å². The Morgan fingerprint density at radius 2 is 2.10 bits per heavy atom. The molecule has 0 saturated heterocycles. The summed E-state index contributed by atoms with van der Waals surface area (Å²) in [6, 6.07) is 0. The zero-order valence-corrected chi connectivity index (χ0v) is 6.84. The second-order valence-corrected chi connectivity index (χ2v) is 3.63. The summed E-state index contributed by atoms with van der Waals surface area (Å²) in [5, 5.41) is 9.44. The van der Waals surface area contributed by atoms with Crippen LogP contribution < -0.4 is 0 Å². The van der Waals surface area contributed by atoms with Crippen molar-refractivity contribution in [2.45, 2.75) is 18.3 Å². The van der Waals surface area contributed by atoms with E-state index in [1.807, 2.05) is 19.1 Å². The number of thioether (sulfide) groups is 1. The maximum absolute atomic E-state index is 8.94. The summed E-state index contributed by atoms with van der Waals surface area (Å²) in [5.74, 6) is 0.819. The highest BCUT2D eigenvalue weighted by Crippen LogP contribution is 2.18. The number of hydrogen-bond donors (Lipinski definition) is 1. The average Bonchev–Trinajstić information content (AvgIpc) is 2.34. The molecule has 0 amide bonds. The van der Waals surface area contributed by atoms with Crippen LogP contribution in [0.3, 0.4) is 0 Å². The lowest BCUT2D eigenvalue weighted by atomic mass is 10.5. The van der Waals surface area contributed by atoms with Gasteiger partial charge in [-0.05, 0) is 6.92 Å². The van der Waals surface area contributed by atoms with Crippen molar-refractivity contribution in [1.82, 2.24) is 0 Å². The Labute approximate surface area is 65.8 Å². The van der Waals surface area contributed by atoms with Gasteiger partial charge in [0.15, 0.2) is 0 Å². The van der Waals surface area contributed by atoms with Gasteiger partial charge in [-0.3, -0.25) is 0 Å². The highest BCUT2D eigenvalue weighted by molar-refractivity contribution is 8.00.